The van der Waals surface area contributed by atoms with Crippen LogP contribution < -0.4 is 43.4 Å². The maximum Gasteiger partial charge on any atom is 0.407 e. The number of ketones is 4. The first-order valence-corrected chi connectivity index (χ1v) is 31.4. The quantitative estimate of drug-likeness (QED) is 0.0197. The zero-order valence-electron chi connectivity index (χ0n) is 54.2. The van der Waals surface area contributed by atoms with E-state index in [1.807, 2.05) is 44.2 Å². The number of amides is 6. The molecule has 510 valence electrons. The highest BCUT2D eigenvalue weighted by molar-refractivity contribution is 6.05. The Hall–Kier alpha value is -6.98. The van der Waals surface area contributed by atoms with E-state index in [2.05, 4.69) is 31.9 Å². The van der Waals surface area contributed by atoms with Crippen molar-refractivity contribution in [2.75, 3.05) is 156 Å². The Morgan fingerprint density at radius 1 is 0.396 bits per heavy atom. The van der Waals surface area contributed by atoms with Gasteiger partial charge in [0, 0.05) is 138 Å². The number of ether oxygens (including phenoxy) is 10. The van der Waals surface area contributed by atoms with Gasteiger partial charge in [0.05, 0.1) is 66.1 Å². The van der Waals surface area contributed by atoms with Crippen molar-refractivity contribution in [3.8, 4) is 0 Å². The summed E-state index contributed by atoms with van der Waals surface area (Å²) in [5.74, 6) is -0.647. The van der Waals surface area contributed by atoms with Gasteiger partial charge in [-0.2, -0.15) is 0 Å². The van der Waals surface area contributed by atoms with Gasteiger partial charge in [-0.25, -0.2) is 19.2 Å². The summed E-state index contributed by atoms with van der Waals surface area (Å²) in [7, 11) is 0. The highest BCUT2D eigenvalue weighted by Crippen LogP contribution is 2.21. The van der Waals surface area contributed by atoms with Crippen LogP contribution in [0.1, 0.15) is 146 Å². The minimum absolute atomic E-state index is 0.139. The number of alkyl carbamates (subject to hydrolysis) is 2. The van der Waals surface area contributed by atoms with E-state index in [0.29, 0.717) is 158 Å². The Labute approximate surface area is 536 Å². The van der Waals surface area contributed by atoms with Crippen molar-refractivity contribution in [2.24, 2.45) is 11.5 Å². The lowest BCUT2D eigenvalue weighted by Gasteiger charge is -2.19. The van der Waals surface area contributed by atoms with Crippen LogP contribution >= 0.6 is 0 Å². The summed E-state index contributed by atoms with van der Waals surface area (Å²) in [6, 6.07) is 17.8. The molecular weight excluding hydrogens is 1180 g/mol. The van der Waals surface area contributed by atoms with E-state index in [1.54, 1.807) is 57.2 Å². The van der Waals surface area contributed by atoms with Gasteiger partial charge < -0.3 is 90.7 Å². The van der Waals surface area contributed by atoms with Gasteiger partial charge in [-0.15, -0.1) is 0 Å². The first-order valence-electron chi connectivity index (χ1n) is 31.4. The molecule has 6 amide bonds. The maximum atomic E-state index is 13.1. The fourth-order valence-electron chi connectivity index (χ4n) is 7.83. The number of anilines is 2. The number of nitrogens with one attached hydrogen (secondary N) is 6. The molecule has 3 aromatic carbocycles. The van der Waals surface area contributed by atoms with Crippen LogP contribution in [0.5, 0.6) is 0 Å². The van der Waals surface area contributed by atoms with Crippen molar-refractivity contribution in [3.05, 3.63) is 94.5 Å². The molecule has 0 saturated heterocycles. The van der Waals surface area contributed by atoms with Gasteiger partial charge in [0.25, 0.3) is 0 Å². The van der Waals surface area contributed by atoms with Crippen molar-refractivity contribution in [2.45, 2.75) is 111 Å². The van der Waals surface area contributed by atoms with Crippen LogP contribution in [-0.2, 0) is 54.0 Å². The summed E-state index contributed by atoms with van der Waals surface area (Å²) >= 11 is 0. The minimum Gasteiger partial charge on any atom is -0.445 e. The van der Waals surface area contributed by atoms with Gasteiger partial charge in [-0.1, -0.05) is 44.2 Å². The smallest absolute Gasteiger partial charge is 0.407 e. The molecule has 0 aliphatic carbocycles. The second kappa shape index (κ2) is 51.6. The van der Waals surface area contributed by atoms with Crippen LogP contribution in [0.15, 0.2) is 66.7 Å². The van der Waals surface area contributed by atoms with Crippen LogP contribution in [0.2, 0.25) is 0 Å². The minimum atomic E-state index is -0.592. The van der Waals surface area contributed by atoms with E-state index in [1.165, 1.54) is 0 Å². The van der Waals surface area contributed by atoms with Crippen molar-refractivity contribution in [3.63, 3.8) is 0 Å². The van der Waals surface area contributed by atoms with Crippen molar-refractivity contribution < 1.29 is 85.7 Å². The third-order valence-corrected chi connectivity index (χ3v) is 12.1. The number of hydrogen-bond donors (Lipinski definition) is 8. The predicted molar refractivity (Wildman–Crippen MR) is 345 cm³/mol. The number of rotatable bonds is 50. The van der Waals surface area contributed by atoms with Crippen LogP contribution in [0.25, 0.3) is 0 Å². The molecule has 0 unspecified atom stereocenters. The number of nitrogens with two attached hydrogens (primary N) is 2. The van der Waals surface area contributed by atoms with E-state index in [0.717, 1.165) is 18.4 Å². The molecule has 0 saturated carbocycles. The van der Waals surface area contributed by atoms with E-state index in [9.17, 15) is 38.4 Å². The number of Topliss-reactive ketones (excluding diaryl/α,β-unsaturated/α-hetero) is 4. The first kappa shape index (κ1) is 80.1. The summed E-state index contributed by atoms with van der Waals surface area (Å²) < 4.78 is 53.7. The summed E-state index contributed by atoms with van der Waals surface area (Å²) in [5, 5.41) is 16.0. The normalized spacial score (nSPS) is 11.0. The Morgan fingerprint density at radius 2 is 0.725 bits per heavy atom. The van der Waals surface area contributed by atoms with Crippen molar-refractivity contribution in [1.82, 2.24) is 21.3 Å². The summed E-state index contributed by atoms with van der Waals surface area (Å²) in [5.41, 5.74) is 13.1. The van der Waals surface area contributed by atoms with Gasteiger partial charge in [-0.3, -0.25) is 19.2 Å². The summed E-state index contributed by atoms with van der Waals surface area (Å²) in [6.45, 7) is 17.9. The SMILES string of the molecule is CCCOCCCC(=O)c1cc(NC(=O)NCCOCCOCCNC(=O)OCc2ccccc2)cc(C(=O)CCCOCCNC(=O)OC(C)(C)C)c1.CCCOCCOCCNC(=O)Nc1cc(C(=O)CCCOCCN)cc(C(=O)CCCOCCN)c1. The molecule has 0 heterocycles. The van der Waals surface area contributed by atoms with E-state index >= 15 is 0 Å². The molecule has 3 rings (SSSR count). The van der Waals surface area contributed by atoms with E-state index in [4.69, 9.17) is 58.8 Å². The molecule has 26 heteroatoms. The Kier molecular flexibility index (Phi) is 45.4. The topological polar surface area (TPSA) is 353 Å². The largest absolute Gasteiger partial charge is 0.445 e. The second-order valence-electron chi connectivity index (χ2n) is 21.4. The molecule has 0 aromatic heterocycles. The fourth-order valence-corrected chi connectivity index (χ4v) is 7.83. The molecule has 0 atom stereocenters. The van der Waals surface area contributed by atoms with Gasteiger partial charge >= 0.3 is 24.2 Å². The number of carbonyl (C=O) groups excluding carboxylic acids is 8. The maximum absolute atomic E-state index is 13.1. The van der Waals surface area contributed by atoms with Gasteiger partial charge in [0.2, 0.25) is 0 Å². The van der Waals surface area contributed by atoms with Crippen LogP contribution in [0.3, 0.4) is 0 Å². The van der Waals surface area contributed by atoms with Gasteiger partial charge in [-0.05, 0) is 101 Å². The second-order valence-corrected chi connectivity index (χ2v) is 21.4. The molecular formula is C65H102N8O18. The molecule has 0 aliphatic heterocycles. The molecule has 0 fully saturated rings. The molecule has 10 N–H and O–H groups in total. The molecule has 0 spiro atoms. The number of urea groups is 2. The molecule has 26 nitrogen and oxygen atoms in total. The molecule has 0 radical (unpaired) electrons. The zero-order valence-corrected chi connectivity index (χ0v) is 54.2. The third kappa shape index (κ3) is 42.7. The van der Waals surface area contributed by atoms with Crippen molar-refractivity contribution >= 4 is 58.8 Å². The average Bonchev–Trinajstić information content (AvgIpc) is 1.30. The van der Waals surface area contributed by atoms with E-state index in [-0.39, 0.29) is 101 Å². The Bertz CT molecular complexity index is 2490. The van der Waals surface area contributed by atoms with Gasteiger partial charge in [0.1, 0.15) is 12.2 Å². The van der Waals surface area contributed by atoms with Crippen LogP contribution in [0, 0.1) is 0 Å². The first-order chi connectivity index (χ1) is 44.0. The zero-order chi connectivity index (χ0) is 66.6. The summed E-state index contributed by atoms with van der Waals surface area (Å²) in [4.78, 5) is 100. The van der Waals surface area contributed by atoms with Gasteiger partial charge in [0.15, 0.2) is 23.1 Å². The Balaban J connectivity index is 0.000000666. The number of hydrogen-bond acceptors (Lipinski definition) is 20. The van der Waals surface area contributed by atoms with Crippen LogP contribution in [0.4, 0.5) is 30.6 Å². The molecule has 91 heavy (non-hydrogen) atoms. The number of carbonyl (C=O) groups is 8. The lowest BCUT2D eigenvalue weighted by atomic mass is 9.99. The molecule has 0 aliphatic rings. The third-order valence-electron chi connectivity index (χ3n) is 12.1. The van der Waals surface area contributed by atoms with Crippen LogP contribution in [-0.4, -0.2) is 198 Å². The molecule has 3 aromatic rings. The fraction of sp³-hybridized carbons (Fsp3) is 0.600. The Morgan fingerprint density at radius 3 is 1.09 bits per heavy atom. The summed E-state index contributed by atoms with van der Waals surface area (Å²) in [6.07, 6.45) is 3.70. The highest BCUT2D eigenvalue weighted by atomic mass is 16.6. The highest BCUT2D eigenvalue weighted by Gasteiger charge is 2.18. The van der Waals surface area contributed by atoms with E-state index < -0.39 is 29.8 Å². The van der Waals surface area contributed by atoms with Crippen molar-refractivity contribution in [1.29, 1.82) is 0 Å². The molecule has 0 bridgehead atoms. The number of benzene rings is 3. The average molecular weight is 1280 g/mol. The standard InChI is InChI=1S/C39H58N4O11.C26H44N4O7/c1-5-18-49-19-9-13-34(44)31-26-32(35(45)14-10-20-50-22-17-42-38(48)54-39(2,3)4)28-33(27-31)43-36(46)40-15-21-51-24-25-52-23-16-41-37(47)53-29-30-11-7-6-8-12-30;1-2-10-34-16-17-37-15-9-29-26(33)30-23-19-21(24(31)5-3-11-35-13-7-27)18-22(20-23)25(32)6-4-12-36-14-8-28/h6-8,11-12,26-28H,5,9-10,13-25,29H2,1-4H3,(H,41,47)(H,42,48)(H2,40,43,46);18-20H,2-17,27-28H2,1H3,(H2,29,30,33). The monoisotopic (exact) mass is 1280 g/mol. The predicted octanol–water partition coefficient (Wildman–Crippen LogP) is 7.79. The lowest BCUT2D eigenvalue weighted by Crippen LogP contribution is -2.34. The lowest BCUT2D eigenvalue weighted by molar-refractivity contribution is 0.0497.